The maximum Gasteiger partial charge on any atom is 0.242 e. The minimum atomic E-state index is -3.51. The lowest BCUT2D eigenvalue weighted by Gasteiger charge is -2.13. The molecular weight excluding hydrogens is 505 g/mol. The molecule has 0 unspecified atom stereocenters. The van der Waals surface area contributed by atoms with Crippen LogP contribution in [0.25, 0.3) is 0 Å². The van der Waals surface area contributed by atoms with E-state index in [0.717, 1.165) is 16.9 Å². The Balaban J connectivity index is 0.00000420. The van der Waals surface area contributed by atoms with Crippen molar-refractivity contribution in [3.8, 4) is 5.75 Å². The fraction of sp³-hybridized carbons (Fsp3) is 0.421. The molecule has 0 aliphatic heterocycles. The first-order chi connectivity index (χ1) is 13.4. The SMILES string of the molecule is CCNC(=NCc1ccc(C)cc1OC)NCCNS(=O)(=O)c1ccn(C)c1.I. The van der Waals surface area contributed by atoms with Crippen molar-refractivity contribution in [1.29, 1.82) is 0 Å². The average molecular weight is 535 g/mol. The molecule has 1 heterocycles. The monoisotopic (exact) mass is 535 g/mol. The number of hydrogen-bond donors (Lipinski definition) is 3. The Kier molecular flexibility index (Phi) is 10.5. The summed E-state index contributed by atoms with van der Waals surface area (Å²) in [5.41, 5.74) is 2.11. The maximum atomic E-state index is 12.2. The van der Waals surface area contributed by atoms with Gasteiger partial charge in [-0.05, 0) is 31.5 Å². The number of nitrogens with one attached hydrogen (secondary N) is 3. The minimum Gasteiger partial charge on any atom is -0.496 e. The van der Waals surface area contributed by atoms with Crippen molar-refractivity contribution in [1.82, 2.24) is 19.9 Å². The smallest absolute Gasteiger partial charge is 0.242 e. The molecule has 1 aromatic carbocycles. The lowest BCUT2D eigenvalue weighted by Crippen LogP contribution is -2.41. The van der Waals surface area contributed by atoms with Crippen LogP contribution in [0.1, 0.15) is 18.1 Å². The number of benzene rings is 1. The summed E-state index contributed by atoms with van der Waals surface area (Å²) in [4.78, 5) is 4.80. The van der Waals surface area contributed by atoms with Crippen molar-refractivity contribution in [3.63, 3.8) is 0 Å². The Morgan fingerprint density at radius 2 is 1.97 bits per heavy atom. The summed E-state index contributed by atoms with van der Waals surface area (Å²) in [6.45, 7) is 5.79. The molecule has 0 fully saturated rings. The van der Waals surface area contributed by atoms with Crippen LogP contribution in [-0.4, -0.2) is 45.7 Å². The van der Waals surface area contributed by atoms with Gasteiger partial charge in [0.25, 0.3) is 0 Å². The number of rotatable bonds is 9. The third-order valence-electron chi connectivity index (χ3n) is 4.02. The first kappa shape index (κ1) is 25.2. The Morgan fingerprint density at radius 3 is 2.59 bits per heavy atom. The number of aliphatic imine (C=N–C) groups is 1. The van der Waals surface area contributed by atoms with Crippen LogP contribution in [0.5, 0.6) is 5.75 Å². The Hall–Kier alpha value is -1.79. The predicted octanol–water partition coefficient (Wildman–Crippen LogP) is 1.99. The van der Waals surface area contributed by atoms with Crippen molar-refractivity contribution in [2.45, 2.75) is 25.3 Å². The molecule has 0 aliphatic carbocycles. The molecule has 1 aromatic heterocycles. The maximum absolute atomic E-state index is 12.2. The fourth-order valence-corrected chi connectivity index (χ4v) is 3.66. The first-order valence-electron chi connectivity index (χ1n) is 9.13. The van der Waals surface area contributed by atoms with Gasteiger partial charge in [-0.3, -0.25) is 0 Å². The van der Waals surface area contributed by atoms with Gasteiger partial charge in [-0.15, -0.1) is 24.0 Å². The topological polar surface area (TPSA) is 96.8 Å². The van der Waals surface area contributed by atoms with Gasteiger partial charge in [-0.2, -0.15) is 0 Å². The van der Waals surface area contributed by atoms with Gasteiger partial charge in [-0.1, -0.05) is 12.1 Å². The summed E-state index contributed by atoms with van der Waals surface area (Å²) in [6.07, 6.45) is 3.26. The van der Waals surface area contributed by atoms with E-state index in [2.05, 4.69) is 20.3 Å². The van der Waals surface area contributed by atoms with Crippen molar-refractivity contribution >= 4 is 40.0 Å². The van der Waals surface area contributed by atoms with E-state index in [1.165, 1.54) is 0 Å². The predicted molar refractivity (Wildman–Crippen MR) is 127 cm³/mol. The third kappa shape index (κ3) is 7.86. The molecule has 0 amide bonds. The molecule has 0 spiro atoms. The zero-order chi connectivity index (χ0) is 20.6. The van der Waals surface area contributed by atoms with Gasteiger partial charge in [0.15, 0.2) is 5.96 Å². The summed E-state index contributed by atoms with van der Waals surface area (Å²) >= 11 is 0. The molecule has 0 aliphatic rings. The number of methoxy groups -OCH3 is 1. The molecule has 0 bridgehead atoms. The van der Waals surface area contributed by atoms with E-state index < -0.39 is 10.0 Å². The second-order valence-electron chi connectivity index (χ2n) is 6.35. The standard InChI is InChI=1S/C19H29N5O3S.HI/c1-5-20-19(22-13-16-7-6-15(2)12-18(16)27-4)21-9-10-23-28(25,26)17-8-11-24(3)14-17;/h6-8,11-12,14,23H,5,9-10,13H2,1-4H3,(H2,20,21,22);1H. The van der Waals surface area contributed by atoms with E-state index in [9.17, 15) is 8.42 Å². The molecular formula is C19H30IN5O3S. The van der Waals surface area contributed by atoms with Crippen LogP contribution in [0, 0.1) is 6.92 Å². The van der Waals surface area contributed by atoms with Gasteiger partial charge in [0.1, 0.15) is 5.75 Å². The van der Waals surface area contributed by atoms with E-state index >= 15 is 0 Å². The molecule has 29 heavy (non-hydrogen) atoms. The number of aryl methyl sites for hydroxylation is 2. The fourth-order valence-electron chi connectivity index (χ4n) is 2.57. The highest BCUT2D eigenvalue weighted by Gasteiger charge is 2.14. The van der Waals surface area contributed by atoms with Crippen LogP contribution < -0.4 is 20.1 Å². The molecule has 10 heteroatoms. The number of halogens is 1. The Morgan fingerprint density at radius 1 is 1.21 bits per heavy atom. The van der Waals surface area contributed by atoms with E-state index in [1.807, 2.05) is 32.0 Å². The number of hydrogen-bond acceptors (Lipinski definition) is 4. The van der Waals surface area contributed by atoms with Gasteiger partial charge in [0, 0.05) is 44.6 Å². The number of guanidine groups is 1. The number of ether oxygens (including phenoxy) is 1. The van der Waals surface area contributed by atoms with Gasteiger partial charge < -0.3 is 19.9 Å². The van der Waals surface area contributed by atoms with Crippen LogP contribution in [-0.2, 0) is 23.6 Å². The van der Waals surface area contributed by atoms with E-state index in [1.54, 1.807) is 37.2 Å². The van der Waals surface area contributed by atoms with Crippen LogP contribution in [0.4, 0.5) is 0 Å². The zero-order valence-electron chi connectivity index (χ0n) is 17.2. The van der Waals surface area contributed by atoms with E-state index in [0.29, 0.717) is 25.6 Å². The number of sulfonamides is 1. The summed E-state index contributed by atoms with van der Waals surface area (Å²) in [6, 6.07) is 7.56. The molecule has 2 aromatic rings. The molecule has 162 valence electrons. The van der Waals surface area contributed by atoms with Crippen LogP contribution >= 0.6 is 24.0 Å². The summed E-state index contributed by atoms with van der Waals surface area (Å²) in [5.74, 6) is 1.42. The lowest BCUT2D eigenvalue weighted by molar-refractivity contribution is 0.409. The highest BCUT2D eigenvalue weighted by atomic mass is 127. The summed E-state index contributed by atoms with van der Waals surface area (Å²) in [5, 5.41) is 6.29. The molecule has 0 saturated heterocycles. The van der Waals surface area contributed by atoms with Crippen LogP contribution in [0.3, 0.4) is 0 Å². The van der Waals surface area contributed by atoms with Gasteiger partial charge in [0.05, 0.1) is 18.6 Å². The minimum absolute atomic E-state index is 0. The Labute approximate surface area is 190 Å². The highest BCUT2D eigenvalue weighted by Crippen LogP contribution is 2.20. The van der Waals surface area contributed by atoms with E-state index in [4.69, 9.17) is 4.74 Å². The summed E-state index contributed by atoms with van der Waals surface area (Å²) < 4.78 is 34.1. The zero-order valence-corrected chi connectivity index (χ0v) is 20.4. The van der Waals surface area contributed by atoms with Gasteiger partial charge >= 0.3 is 0 Å². The summed E-state index contributed by atoms with van der Waals surface area (Å²) in [7, 11) is -0.0820. The molecule has 0 atom stereocenters. The molecule has 8 nitrogen and oxygen atoms in total. The van der Waals surface area contributed by atoms with Crippen LogP contribution in [0.15, 0.2) is 46.5 Å². The second kappa shape index (κ2) is 12.0. The molecule has 0 saturated carbocycles. The van der Waals surface area contributed by atoms with Crippen molar-refractivity contribution < 1.29 is 13.2 Å². The molecule has 3 N–H and O–H groups in total. The average Bonchev–Trinajstić information content (AvgIpc) is 3.11. The highest BCUT2D eigenvalue weighted by molar-refractivity contribution is 14.0. The number of aromatic nitrogens is 1. The van der Waals surface area contributed by atoms with Crippen LogP contribution in [0.2, 0.25) is 0 Å². The first-order valence-corrected chi connectivity index (χ1v) is 10.6. The second-order valence-corrected chi connectivity index (χ2v) is 8.11. The molecule has 2 rings (SSSR count). The van der Waals surface area contributed by atoms with Gasteiger partial charge in [-0.25, -0.2) is 18.1 Å². The van der Waals surface area contributed by atoms with Gasteiger partial charge in [0.2, 0.25) is 10.0 Å². The Bertz CT molecular complexity index is 912. The van der Waals surface area contributed by atoms with Crippen molar-refractivity contribution in [2.24, 2.45) is 12.0 Å². The quantitative estimate of drug-likeness (QED) is 0.198. The third-order valence-corrected chi connectivity index (χ3v) is 5.47. The van der Waals surface area contributed by atoms with Crippen molar-refractivity contribution in [3.05, 3.63) is 47.8 Å². The van der Waals surface area contributed by atoms with Crippen molar-refractivity contribution in [2.75, 3.05) is 26.7 Å². The normalized spacial score (nSPS) is 11.7. The lowest BCUT2D eigenvalue weighted by atomic mass is 10.1. The largest absolute Gasteiger partial charge is 0.496 e. The number of nitrogens with zero attached hydrogens (tertiary/aromatic N) is 2. The van der Waals surface area contributed by atoms with E-state index in [-0.39, 0.29) is 35.4 Å². The molecule has 0 radical (unpaired) electrons.